The van der Waals surface area contributed by atoms with Crippen LogP contribution in [0.15, 0.2) is 60.7 Å². The zero-order valence-electron chi connectivity index (χ0n) is 20.8. The Morgan fingerprint density at radius 3 is 2.46 bits per heavy atom. The van der Waals surface area contributed by atoms with Gasteiger partial charge in [0.05, 0.1) is 30.1 Å². The normalized spacial score (nSPS) is 12.0. The molecule has 182 valence electrons. The number of carbonyl (C=O) groups excluding carboxylic acids is 1. The maximum Gasteiger partial charge on any atom is 0.225 e. The van der Waals surface area contributed by atoms with Gasteiger partial charge in [0.2, 0.25) is 5.91 Å². The molecule has 1 atom stereocenters. The van der Waals surface area contributed by atoms with E-state index >= 15 is 0 Å². The van der Waals surface area contributed by atoms with E-state index < -0.39 is 0 Å². The molecule has 35 heavy (non-hydrogen) atoms. The molecule has 0 spiro atoms. The summed E-state index contributed by atoms with van der Waals surface area (Å²) in [6, 6.07) is 19.8. The lowest BCUT2D eigenvalue weighted by atomic mass is 10.1. The van der Waals surface area contributed by atoms with Crippen LogP contribution in [0.3, 0.4) is 0 Å². The number of imidazole rings is 1. The lowest BCUT2D eigenvalue weighted by Gasteiger charge is -2.17. The van der Waals surface area contributed by atoms with E-state index in [1.54, 1.807) is 0 Å². The molecule has 0 aliphatic heterocycles. The van der Waals surface area contributed by atoms with Crippen molar-refractivity contribution in [3.05, 3.63) is 93.8 Å². The van der Waals surface area contributed by atoms with E-state index in [0.29, 0.717) is 13.0 Å². The quantitative estimate of drug-likeness (QED) is 0.273. The van der Waals surface area contributed by atoms with Gasteiger partial charge in [0.1, 0.15) is 11.6 Å². The monoisotopic (exact) mass is 489 g/mol. The van der Waals surface area contributed by atoms with Gasteiger partial charge in [-0.25, -0.2) is 4.98 Å². The Kier molecular flexibility index (Phi) is 7.76. The Morgan fingerprint density at radius 1 is 1.03 bits per heavy atom. The van der Waals surface area contributed by atoms with Crippen LogP contribution in [0, 0.1) is 20.8 Å². The van der Waals surface area contributed by atoms with Crippen molar-refractivity contribution in [2.24, 2.45) is 0 Å². The molecule has 0 saturated carbocycles. The Bertz CT molecular complexity index is 1320. The summed E-state index contributed by atoms with van der Waals surface area (Å²) in [5.74, 6) is 1.67. The van der Waals surface area contributed by atoms with Crippen LogP contribution in [-0.4, -0.2) is 22.1 Å². The van der Waals surface area contributed by atoms with E-state index in [1.807, 2.05) is 82.3 Å². The van der Waals surface area contributed by atoms with Crippen molar-refractivity contribution in [2.45, 2.75) is 53.1 Å². The van der Waals surface area contributed by atoms with Crippen LogP contribution < -0.4 is 10.1 Å². The minimum atomic E-state index is -0.221. The smallest absolute Gasteiger partial charge is 0.225 e. The van der Waals surface area contributed by atoms with Crippen molar-refractivity contribution in [2.75, 3.05) is 6.61 Å². The molecule has 1 heterocycles. The van der Waals surface area contributed by atoms with Gasteiger partial charge in [0, 0.05) is 11.6 Å². The molecule has 0 aliphatic carbocycles. The zero-order valence-corrected chi connectivity index (χ0v) is 21.5. The van der Waals surface area contributed by atoms with Crippen LogP contribution in [0.25, 0.3) is 11.0 Å². The Morgan fingerprint density at radius 2 is 1.71 bits per heavy atom. The Labute approximate surface area is 212 Å². The second-order valence-electron chi connectivity index (χ2n) is 9.08. The number of hydrogen-bond donors (Lipinski definition) is 1. The largest absolute Gasteiger partial charge is 0.494 e. The molecule has 3 aromatic carbocycles. The average Bonchev–Trinajstić information content (AvgIpc) is 3.20. The minimum Gasteiger partial charge on any atom is -0.494 e. The van der Waals surface area contributed by atoms with Crippen molar-refractivity contribution in [3.63, 3.8) is 0 Å². The Hall–Kier alpha value is -3.31. The maximum atomic E-state index is 12.8. The highest BCUT2D eigenvalue weighted by molar-refractivity contribution is 6.32. The molecule has 4 rings (SSSR count). The van der Waals surface area contributed by atoms with Crippen molar-refractivity contribution in [1.29, 1.82) is 0 Å². The first-order valence-corrected chi connectivity index (χ1v) is 12.4. The van der Waals surface area contributed by atoms with E-state index in [4.69, 9.17) is 21.3 Å². The lowest BCUT2D eigenvalue weighted by Crippen LogP contribution is -2.30. The second-order valence-corrected chi connectivity index (χ2v) is 9.45. The van der Waals surface area contributed by atoms with Crippen LogP contribution in [0.1, 0.15) is 47.5 Å². The fraction of sp³-hybridized carbons (Fsp3) is 0.310. The SMILES string of the molecule is Cc1ccccc1CC(=O)NC(C)c1nc2ccccc2n1CCCOc1cc(C)c(Cl)c(C)c1. The van der Waals surface area contributed by atoms with Gasteiger partial charge in [-0.15, -0.1) is 0 Å². The van der Waals surface area contributed by atoms with Gasteiger partial charge < -0.3 is 14.6 Å². The summed E-state index contributed by atoms with van der Waals surface area (Å²) in [4.78, 5) is 17.6. The number of para-hydroxylation sites is 2. The lowest BCUT2D eigenvalue weighted by molar-refractivity contribution is -0.121. The second kappa shape index (κ2) is 11.0. The standard InChI is InChI=1S/C29H32ClN3O2/c1-19-10-5-6-11-23(19)18-27(34)31-22(4)29-32-25-12-7-8-13-26(25)33(29)14-9-15-35-24-16-20(2)28(30)21(3)17-24/h5-8,10-13,16-17,22H,9,14-15,18H2,1-4H3,(H,31,34). The summed E-state index contributed by atoms with van der Waals surface area (Å²) >= 11 is 6.27. The third-order valence-electron chi connectivity index (χ3n) is 6.27. The predicted octanol–water partition coefficient (Wildman–Crippen LogP) is 6.50. The molecule has 4 aromatic rings. The van der Waals surface area contributed by atoms with E-state index in [9.17, 15) is 4.79 Å². The van der Waals surface area contributed by atoms with Crippen molar-refractivity contribution < 1.29 is 9.53 Å². The highest BCUT2D eigenvalue weighted by Gasteiger charge is 2.19. The summed E-state index contributed by atoms with van der Waals surface area (Å²) in [6.07, 6.45) is 1.16. The number of rotatable bonds is 9. The third kappa shape index (κ3) is 5.85. The molecule has 1 unspecified atom stereocenters. The molecule has 1 amide bonds. The molecule has 6 heteroatoms. The van der Waals surface area contributed by atoms with Crippen molar-refractivity contribution in [3.8, 4) is 5.75 Å². The maximum absolute atomic E-state index is 12.8. The van der Waals surface area contributed by atoms with Gasteiger partial charge >= 0.3 is 0 Å². The number of fused-ring (bicyclic) bond motifs is 1. The van der Waals surface area contributed by atoms with Gasteiger partial charge in [0.25, 0.3) is 0 Å². The zero-order chi connectivity index (χ0) is 24.9. The van der Waals surface area contributed by atoms with Crippen LogP contribution in [0.2, 0.25) is 5.02 Å². The minimum absolute atomic E-state index is 0.0118. The molecule has 0 aliphatic rings. The van der Waals surface area contributed by atoms with Crippen molar-refractivity contribution >= 4 is 28.5 Å². The first-order valence-electron chi connectivity index (χ1n) is 12.0. The number of ether oxygens (including phenoxy) is 1. The number of aryl methyl sites for hydroxylation is 4. The summed E-state index contributed by atoms with van der Waals surface area (Å²) in [7, 11) is 0. The highest BCUT2D eigenvalue weighted by Crippen LogP contribution is 2.26. The molecule has 1 N–H and O–H groups in total. The topological polar surface area (TPSA) is 56.2 Å². The van der Waals surface area contributed by atoms with Crippen LogP contribution in [0.5, 0.6) is 5.75 Å². The van der Waals surface area contributed by atoms with Crippen molar-refractivity contribution in [1.82, 2.24) is 14.9 Å². The van der Waals surface area contributed by atoms with Crippen LogP contribution in [0.4, 0.5) is 0 Å². The summed E-state index contributed by atoms with van der Waals surface area (Å²) in [6.45, 7) is 9.30. The van der Waals surface area contributed by atoms with Gasteiger partial charge in [-0.05, 0) is 80.6 Å². The predicted molar refractivity (Wildman–Crippen MR) is 142 cm³/mol. The first kappa shape index (κ1) is 24.8. The number of amides is 1. The molecular formula is C29H32ClN3O2. The molecule has 1 aromatic heterocycles. The average molecular weight is 490 g/mol. The summed E-state index contributed by atoms with van der Waals surface area (Å²) in [5, 5.41) is 3.92. The van der Waals surface area contributed by atoms with E-state index in [2.05, 4.69) is 16.0 Å². The molecule has 0 bridgehead atoms. The number of carbonyl (C=O) groups is 1. The number of benzene rings is 3. The number of hydrogen-bond acceptors (Lipinski definition) is 3. The van der Waals surface area contributed by atoms with Crippen LogP contribution in [-0.2, 0) is 17.8 Å². The molecule has 0 saturated heterocycles. The Balaban J connectivity index is 1.44. The van der Waals surface area contributed by atoms with Gasteiger partial charge in [-0.1, -0.05) is 48.0 Å². The molecule has 0 radical (unpaired) electrons. The first-order chi connectivity index (χ1) is 16.8. The highest BCUT2D eigenvalue weighted by atomic mass is 35.5. The van der Waals surface area contributed by atoms with Gasteiger partial charge in [-0.2, -0.15) is 0 Å². The molecule has 5 nitrogen and oxygen atoms in total. The fourth-order valence-electron chi connectivity index (χ4n) is 4.40. The number of aromatic nitrogens is 2. The fourth-order valence-corrected chi connectivity index (χ4v) is 4.51. The number of nitrogens with one attached hydrogen (secondary N) is 1. The number of halogens is 1. The van der Waals surface area contributed by atoms with E-state index in [0.717, 1.165) is 62.8 Å². The molecule has 0 fully saturated rings. The van der Waals surface area contributed by atoms with E-state index in [1.165, 1.54) is 0 Å². The summed E-state index contributed by atoms with van der Waals surface area (Å²) in [5.41, 5.74) is 6.16. The summed E-state index contributed by atoms with van der Waals surface area (Å²) < 4.78 is 8.20. The number of nitrogens with zero attached hydrogens (tertiary/aromatic N) is 2. The third-order valence-corrected chi connectivity index (χ3v) is 6.86. The molecular weight excluding hydrogens is 458 g/mol. The van der Waals surface area contributed by atoms with Crippen LogP contribution >= 0.6 is 11.6 Å². The van der Waals surface area contributed by atoms with Gasteiger partial charge in [-0.3, -0.25) is 4.79 Å². The van der Waals surface area contributed by atoms with E-state index in [-0.39, 0.29) is 11.9 Å². The van der Waals surface area contributed by atoms with Gasteiger partial charge in [0.15, 0.2) is 0 Å².